The third kappa shape index (κ3) is 4.43. The molecule has 1 heterocycles. The van der Waals surface area contributed by atoms with E-state index in [2.05, 4.69) is 16.7 Å². The van der Waals surface area contributed by atoms with Crippen LogP contribution in [0.15, 0.2) is 24.3 Å². The minimum absolute atomic E-state index is 0.124. The van der Waals surface area contributed by atoms with Crippen molar-refractivity contribution in [3.63, 3.8) is 0 Å². The maximum Gasteiger partial charge on any atom is 0.315 e. The van der Waals surface area contributed by atoms with Crippen molar-refractivity contribution in [3.05, 3.63) is 29.8 Å². The van der Waals surface area contributed by atoms with E-state index in [0.717, 1.165) is 32.5 Å². The zero-order valence-corrected chi connectivity index (χ0v) is 14.4. The number of nitrogens with zero attached hydrogens (tertiary/aromatic N) is 1. The number of ether oxygens (including phenoxy) is 2. The highest BCUT2D eigenvalue weighted by molar-refractivity contribution is 5.74. The highest BCUT2D eigenvalue weighted by atomic mass is 16.5. The van der Waals surface area contributed by atoms with Gasteiger partial charge in [0.15, 0.2) is 0 Å². The maximum absolute atomic E-state index is 12.2. The molecule has 134 valence electrons. The van der Waals surface area contributed by atoms with E-state index in [1.165, 1.54) is 12.8 Å². The van der Waals surface area contributed by atoms with Crippen LogP contribution in [-0.4, -0.2) is 38.4 Å². The summed E-state index contributed by atoms with van der Waals surface area (Å²) in [5.74, 6) is 0.693. The van der Waals surface area contributed by atoms with E-state index in [4.69, 9.17) is 14.7 Å². The van der Waals surface area contributed by atoms with Crippen LogP contribution in [0.2, 0.25) is 0 Å². The molecule has 6 nitrogen and oxygen atoms in total. The zero-order chi connectivity index (χ0) is 17.5. The lowest BCUT2D eigenvalue weighted by molar-refractivity contribution is 0.00623. The fraction of sp³-hybridized carbons (Fsp3) is 0.579. The summed E-state index contributed by atoms with van der Waals surface area (Å²) in [6.07, 6.45) is 5.49. The Labute approximate surface area is 148 Å². The van der Waals surface area contributed by atoms with E-state index in [0.29, 0.717) is 24.5 Å². The second-order valence-electron chi connectivity index (χ2n) is 6.80. The number of hydrogen-bond donors (Lipinski definition) is 2. The van der Waals surface area contributed by atoms with Gasteiger partial charge in [0.1, 0.15) is 12.4 Å². The fourth-order valence-electron chi connectivity index (χ4n) is 3.91. The van der Waals surface area contributed by atoms with Gasteiger partial charge in [-0.05, 0) is 55.4 Å². The Kier molecular flexibility index (Phi) is 5.77. The Morgan fingerprint density at radius 2 is 2.04 bits per heavy atom. The molecule has 1 aromatic rings. The maximum atomic E-state index is 12.2. The number of nitriles is 1. The predicted molar refractivity (Wildman–Crippen MR) is 93.3 cm³/mol. The molecule has 1 aliphatic carbocycles. The molecule has 2 fully saturated rings. The van der Waals surface area contributed by atoms with Crippen LogP contribution in [0.4, 0.5) is 4.79 Å². The summed E-state index contributed by atoms with van der Waals surface area (Å²) < 4.78 is 11.1. The first-order valence-corrected chi connectivity index (χ1v) is 8.97. The van der Waals surface area contributed by atoms with E-state index in [1.807, 2.05) is 0 Å². The van der Waals surface area contributed by atoms with Crippen LogP contribution in [-0.2, 0) is 4.74 Å². The highest BCUT2D eigenvalue weighted by Gasteiger charge is 2.44. The number of urea groups is 1. The van der Waals surface area contributed by atoms with Crippen molar-refractivity contribution < 1.29 is 14.3 Å². The Morgan fingerprint density at radius 1 is 1.28 bits per heavy atom. The van der Waals surface area contributed by atoms with Gasteiger partial charge in [-0.3, -0.25) is 0 Å². The molecular formula is C19H25N3O3. The van der Waals surface area contributed by atoms with Crippen LogP contribution in [0.25, 0.3) is 0 Å². The molecule has 1 saturated carbocycles. The molecule has 1 spiro atoms. The number of rotatable bonds is 5. The lowest BCUT2D eigenvalue weighted by Gasteiger charge is -2.39. The second kappa shape index (κ2) is 8.21. The molecule has 2 amide bonds. The summed E-state index contributed by atoms with van der Waals surface area (Å²) in [6.45, 7) is 2.44. The van der Waals surface area contributed by atoms with Crippen LogP contribution < -0.4 is 15.4 Å². The molecule has 1 aromatic carbocycles. The van der Waals surface area contributed by atoms with Gasteiger partial charge < -0.3 is 20.1 Å². The lowest BCUT2D eigenvalue weighted by atomic mass is 9.75. The molecule has 3 rings (SSSR count). The van der Waals surface area contributed by atoms with Gasteiger partial charge in [-0.25, -0.2) is 4.79 Å². The van der Waals surface area contributed by atoms with Crippen molar-refractivity contribution in [2.75, 3.05) is 26.4 Å². The Morgan fingerprint density at radius 3 is 2.76 bits per heavy atom. The molecule has 0 radical (unpaired) electrons. The van der Waals surface area contributed by atoms with Gasteiger partial charge in [-0.2, -0.15) is 5.26 Å². The summed E-state index contributed by atoms with van der Waals surface area (Å²) in [6, 6.07) is 9.12. The molecule has 2 N–H and O–H groups in total. The first-order chi connectivity index (χ1) is 12.2. The van der Waals surface area contributed by atoms with Gasteiger partial charge >= 0.3 is 6.03 Å². The average molecular weight is 343 g/mol. The van der Waals surface area contributed by atoms with Crippen molar-refractivity contribution in [1.82, 2.24) is 10.6 Å². The molecule has 1 atom stereocenters. The summed E-state index contributed by atoms with van der Waals surface area (Å²) in [7, 11) is 0. The first kappa shape index (κ1) is 17.6. The molecule has 1 saturated heterocycles. The van der Waals surface area contributed by atoms with Gasteiger partial charge in [0.05, 0.1) is 18.2 Å². The predicted octanol–water partition coefficient (Wildman–Crippen LogP) is 2.59. The standard InChI is InChI=1S/C19H25N3O3/c20-14-15-3-5-16(6-4-15)25-13-10-21-18(23)22-17-2-1-7-19(17)8-11-24-12-9-19/h3-6,17H,1-2,7-13H2,(H2,21,22,23)/t17-/m0/s1. The number of benzene rings is 1. The number of hydrogen-bond acceptors (Lipinski definition) is 4. The second-order valence-corrected chi connectivity index (χ2v) is 6.80. The van der Waals surface area contributed by atoms with Crippen LogP contribution in [0.1, 0.15) is 37.7 Å². The van der Waals surface area contributed by atoms with Crippen LogP contribution >= 0.6 is 0 Å². The van der Waals surface area contributed by atoms with Crippen molar-refractivity contribution in [1.29, 1.82) is 5.26 Å². The zero-order valence-electron chi connectivity index (χ0n) is 14.4. The molecule has 2 aliphatic rings. The number of amides is 2. The van der Waals surface area contributed by atoms with Gasteiger partial charge in [0, 0.05) is 19.3 Å². The summed E-state index contributed by atoms with van der Waals surface area (Å²) >= 11 is 0. The third-order valence-electron chi connectivity index (χ3n) is 5.34. The van der Waals surface area contributed by atoms with Crippen molar-refractivity contribution in [3.8, 4) is 11.8 Å². The normalized spacial score (nSPS) is 21.5. The first-order valence-electron chi connectivity index (χ1n) is 8.97. The minimum Gasteiger partial charge on any atom is -0.492 e. The quantitative estimate of drug-likeness (QED) is 0.805. The van der Waals surface area contributed by atoms with Gasteiger partial charge in [-0.15, -0.1) is 0 Å². The smallest absolute Gasteiger partial charge is 0.315 e. The topological polar surface area (TPSA) is 83.4 Å². The Hall–Kier alpha value is -2.26. The van der Waals surface area contributed by atoms with Crippen molar-refractivity contribution in [2.24, 2.45) is 5.41 Å². The average Bonchev–Trinajstić information content (AvgIpc) is 3.01. The van der Waals surface area contributed by atoms with E-state index < -0.39 is 0 Å². The van der Waals surface area contributed by atoms with E-state index in [1.54, 1.807) is 24.3 Å². The van der Waals surface area contributed by atoms with E-state index >= 15 is 0 Å². The molecule has 0 aromatic heterocycles. The van der Waals surface area contributed by atoms with E-state index in [-0.39, 0.29) is 17.5 Å². The minimum atomic E-state index is -0.124. The molecular weight excluding hydrogens is 318 g/mol. The lowest BCUT2D eigenvalue weighted by Crippen LogP contribution is -2.50. The molecule has 0 bridgehead atoms. The Balaban J connectivity index is 1.38. The third-order valence-corrected chi connectivity index (χ3v) is 5.34. The molecule has 25 heavy (non-hydrogen) atoms. The van der Waals surface area contributed by atoms with E-state index in [9.17, 15) is 4.79 Å². The number of carbonyl (C=O) groups is 1. The monoisotopic (exact) mass is 343 g/mol. The largest absolute Gasteiger partial charge is 0.492 e. The number of nitrogens with one attached hydrogen (secondary N) is 2. The summed E-state index contributed by atoms with van der Waals surface area (Å²) in [5, 5.41) is 14.8. The van der Waals surface area contributed by atoms with Crippen LogP contribution in [0, 0.1) is 16.7 Å². The fourth-order valence-corrected chi connectivity index (χ4v) is 3.91. The summed E-state index contributed by atoms with van der Waals surface area (Å²) in [4.78, 5) is 12.2. The highest BCUT2D eigenvalue weighted by Crippen LogP contribution is 2.45. The summed E-state index contributed by atoms with van der Waals surface area (Å²) in [5.41, 5.74) is 0.831. The van der Waals surface area contributed by atoms with Gasteiger partial charge in [0.25, 0.3) is 0 Å². The molecule has 6 heteroatoms. The molecule has 1 aliphatic heterocycles. The van der Waals surface area contributed by atoms with Crippen LogP contribution in [0.5, 0.6) is 5.75 Å². The van der Waals surface area contributed by atoms with Crippen molar-refractivity contribution in [2.45, 2.75) is 38.1 Å². The number of carbonyl (C=O) groups excluding carboxylic acids is 1. The molecule has 0 unspecified atom stereocenters. The SMILES string of the molecule is N#Cc1ccc(OCCNC(=O)N[C@H]2CCCC23CCOCC3)cc1. The van der Waals surface area contributed by atoms with Gasteiger partial charge in [0.2, 0.25) is 0 Å². The van der Waals surface area contributed by atoms with Crippen LogP contribution in [0.3, 0.4) is 0 Å². The van der Waals surface area contributed by atoms with Gasteiger partial charge in [-0.1, -0.05) is 6.42 Å². The Bertz CT molecular complexity index is 618. The van der Waals surface area contributed by atoms with Crippen molar-refractivity contribution >= 4 is 6.03 Å².